The molecule has 0 saturated carbocycles. The number of aryl methyl sites for hydroxylation is 1. The fourth-order valence-electron chi connectivity index (χ4n) is 2.34. The number of rotatable bonds is 7. The highest BCUT2D eigenvalue weighted by Crippen LogP contribution is 2.27. The maximum Gasteiger partial charge on any atom is 0.129 e. The van der Waals surface area contributed by atoms with E-state index < -0.39 is 0 Å². The lowest BCUT2D eigenvalue weighted by molar-refractivity contribution is 0.162. The van der Waals surface area contributed by atoms with Crippen LogP contribution in [0.1, 0.15) is 42.0 Å². The maximum absolute atomic E-state index is 13.6. The quantitative estimate of drug-likeness (QED) is 0.838. The molecular formula is C17H22FNO2. The Morgan fingerprint density at radius 3 is 2.81 bits per heavy atom. The first-order chi connectivity index (χ1) is 10.2. The van der Waals surface area contributed by atoms with Crippen molar-refractivity contribution in [2.45, 2.75) is 32.9 Å². The van der Waals surface area contributed by atoms with Crippen LogP contribution in [0.5, 0.6) is 0 Å². The third-order valence-electron chi connectivity index (χ3n) is 3.40. The molecule has 0 aliphatic rings. The van der Waals surface area contributed by atoms with Crippen LogP contribution in [0.4, 0.5) is 4.39 Å². The van der Waals surface area contributed by atoms with Crippen LogP contribution in [-0.4, -0.2) is 13.7 Å². The van der Waals surface area contributed by atoms with Crippen LogP contribution in [0.3, 0.4) is 0 Å². The lowest BCUT2D eigenvalue weighted by Gasteiger charge is -2.19. The summed E-state index contributed by atoms with van der Waals surface area (Å²) in [5.41, 5.74) is 1.94. The Kier molecular flexibility index (Phi) is 5.53. The summed E-state index contributed by atoms with van der Waals surface area (Å²) in [6.07, 6.45) is 0.997. The third kappa shape index (κ3) is 3.93. The highest BCUT2D eigenvalue weighted by Gasteiger charge is 2.19. The van der Waals surface area contributed by atoms with Gasteiger partial charge in [0, 0.05) is 7.11 Å². The number of hydrogen-bond acceptors (Lipinski definition) is 3. The van der Waals surface area contributed by atoms with Crippen molar-refractivity contribution in [1.29, 1.82) is 0 Å². The predicted molar refractivity (Wildman–Crippen MR) is 80.7 cm³/mol. The summed E-state index contributed by atoms with van der Waals surface area (Å²) in [5, 5.41) is 3.42. The van der Waals surface area contributed by atoms with Crippen molar-refractivity contribution in [3.8, 4) is 0 Å². The van der Waals surface area contributed by atoms with E-state index in [0.29, 0.717) is 6.61 Å². The Morgan fingerprint density at radius 2 is 2.10 bits per heavy atom. The zero-order valence-corrected chi connectivity index (χ0v) is 12.8. The summed E-state index contributed by atoms with van der Waals surface area (Å²) < 4.78 is 24.5. The van der Waals surface area contributed by atoms with E-state index in [-0.39, 0.29) is 11.9 Å². The van der Waals surface area contributed by atoms with Gasteiger partial charge in [-0.2, -0.15) is 0 Å². The first-order valence-corrected chi connectivity index (χ1v) is 7.22. The van der Waals surface area contributed by atoms with Crippen molar-refractivity contribution in [1.82, 2.24) is 5.32 Å². The van der Waals surface area contributed by atoms with Crippen molar-refractivity contribution < 1.29 is 13.5 Å². The van der Waals surface area contributed by atoms with Gasteiger partial charge < -0.3 is 14.5 Å². The number of ether oxygens (including phenoxy) is 1. The van der Waals surface area contributed by atoms with Gasteiger partial charge in [-0.25, -0.2) is 4.39 Å². The van der Waals surface area contributed by atoms with Gasteiger partial charge in [-0.15, -0.1) is 0 Å². The second-order valence-corrected chi connectivity index (χ2v) is 5.13. The smallest absolute Gasteiger partial charge is 0.129 e. The summed E-state index contributed by atoms with van der Waals surface area (Å²) in [4.78, 5) is 0. The van der Waals surface area contributed by atoms with Gasteiger partial charge in [0.05, 0.1) is 6.04 Å². The van der Waals surface area contributed by atoms with Crippen LogP contribution < -0.4 is 5.32 Å². The van der Waals surface area contributed by atoms with E-state index in [1.54, 1.807) is 19.2 Å². The van der Waals surface area contributed by atoms with Crippen LogP contribution in [-0.2, 0) is 11.3 Å². The van der Waals surface area contributed by atoms with Crippen molar-refractivity contribution in [3.63, 3.8) is 0 Å². The molecule has 0 fully saturated rings. The average molecular weight is 291 g/mol. The molecule has 2 rings (SSSR count). The molecule has 2 aromatic rings. The molecule has 1 aromatic carbocycles. The van der Waals surface area contributed by atoms with Gasteiger partial charge in [0.25, 0.3) is 0 Å². The van der Waals surface area contributed by atoms with E-state index in [0.717, 1.165) is 35.6 Å². The summed E-state index contributed by atoms with van der Waals surface area (Å²) in [5.74, 6) is 1.32. The van der Waals surface area contributed by atoms with Crippen molar-refractivity contribution >= 4 is 0 Å². The fourth-order valence-corrected chi connectivity index (χ4v) is 2.34. The highest BCUT2D eigenvalue weighted by molar-refractivity contribution is 5.34. The summed E-state index contributed by atoms with van der Waals surface area (Å²) >= 11 is 0. The van der Waals surface area contributed by atoms with E-state index >= 15 is 0 Å². The molecule has 4 heteroatoms. The van der Waals surface area contributed by atoms with Crippen molar-refractivity contribution in [3.05, 3.63) is 58.8 Å². The van der Waals surface area contributed by atoms with Gasteiger partial charge in [-0.05, 0) is 55.3 Å². The van der Waals surface area contributed by atoms with Gasteiger partial charge in [0.2, 0.25) is 0 Å². The first kappa shape index (κ1) is 15.7. The van der Waals surface area contributed by atoms with Crippen LogP contribution in [0, 0.1) is 12.7 Å². The fraction of sp³-hybridized carbons (Fsp3) is 0.412. The van der Waals surface area contributed by atoms with Crippen molar-refractivity contribution in [2.75, 3.05) is 13.7 Å². The molecular weight excluding hydrogens is 269 g/mol. The molecule has 1 aromatic heterocycles. The van der Waals surface area contributed by atoms with Crippen molar-refractivity contribution in [2.24, 2.45) is 0 Å². The average Bonchev–Trinajstić information content (AvgIpc) is 2.92. The standard InChI is InChI=1S/C17H22FNO2/c1-4-9-19-17(15-10-13(18)6-5-12(15)2)16-8-7-14(21-16)11-20-3/h5-8,10,17,19H,4,9,11H2,1-3H3. The summed E-state index contributed by atoms with van der Waals surface area (Å²) in [6.45, 7) is 5.35. The Labute approximate surface area is 125 Å². The lowest BCUT2D eigenvalue weighted by atomic mass is 9.99. The second-order valence-electron chi connectivity index (χ2n) is 5.13. The molecule has 0 radical (unpaired) electrons. The molecule has 3 nitrogen and oxygen atoms in total. The monoisotopic (exact) mass is 291 g/mol. The second kappa shape index (κ2) is 7.38. The van der Waals surface area contributed by atoms with Gasteiger partial charge in [0.15, 0.2) is 0 Å². The molecule has 21 heavy (non-hydrogen) atoms. The van der Waals surface area contributed by atoms with E-state index in [1.165, 1.54) is 6.07 Å². The van der Waals surface area contributed by atoms with Gasteiger partial charge in [-0.1, -0.05) is 13.0 Å². The minimum absolute atomic E-state index is 0.147. The zero-order chi connectivity index (χ0) is 15.2. The number of benzene rings is 1. The Bertz CT molecular complexity index is 580. The third-order valence-corrected chi connectivity index (χ3v) is 3.40. The van der Waals surface area contributed by atoms with E-state index in [2.05, 4.69) is 12.2 Å². The Morgan fingerprint density at radius 1 is 1.29 bits per heavy atom. The predicted octanol–water partition coefficient (Wildman–Crippen LogP) is 3.96. The number of nitrogens with one attached hydrogen (secondary N) is 1. The normalized spacial score (nSPS) is 12.6. The van der Waals surface area contributed by atoms with Gasteiger partial charge in [-0.3, -0.25) is 0 Å². The molecule has 114 valence electrons. The summed E-state index contributed by atoms with van der Waals surface area (Å²) in [6, 6.07) is 8.52. The van der Waals surface area contributed by atoms with E-state index in [1.807, 2.05) is 19.1 Å². The van der Waals surface area contributed by atoms with Crippen LogP contribution in [0.25, 0.3) is 0 Å². The molecule has 1 N–H and O–H groups in total. The molecule has 0 spiro atoms. The molecule has 0 bridgehead atoms. The zero-order valence-electron chi connectivity index (χ0n) is 12.8. The number of halogens is 1. The highest BCUT2D eigenvalue weighted by atomic mass is 19.1. The molecule has 1 atom stereocenters. The topological polar surface area (TPSA) is 34.4 Å². The Hall–Kier alpha value is -1.65. The van der Waals surface area contributed by atoms with E-state index in [9.17, 15) is 4.39 Å². The maximum atomic E-state index is 13.6. The van der Waals surface area contributed by atoms with Gasteiger partial charge >= 0.3 is 0 Å². The summed E-state index contributed by atoms with van der Waals surface area (Å²) in [7, 11) is 1.63. The van der Waals surface area contributed by atoms with Crippen LogP contribution in [0.2, 0.25) is 0 Å². The first-order valence-electron chi connectivity index (χ1n) is 7.22. The molecule has 0 saturated heterocycles. The largest absolute Gasteiger partial charge is 0.462 e. The molecule has 1 unspecified atom stereocenters. The number of methoxy groups -OCH3 is 1. The molecule has 1 heterocycles. The van der Waals surface area contributed by atoms with Gasteiger partial charge in [0.1, 0.15) is 23.9 Å². The van der Waals surface area contributed by atoms with Crippen LogP contribution in [0.15, 0.2) is 34.7 Å². The molecule has 0 aliphatic heterocycles. The minimum Gasteiger partial charge on any atom is -0.462 e. The lowest BCUT2D eigenvalue weighted by Crippen LogP contribution is -2.23. The Balaban J connectivity index is 2.34. The number of hydrogen-bond donors (Lipinski definition) is 1. The number of furan rings is 1. The van der Waals surface area contributed by atoms with Crippen LogP contribution >= 0.6 is 0 Å². The molecule has 0 amide bonds. The van der Waals surface area contributed by atoms with E-state index in [4.69, 9.17) is 9.15 Å². The molecule has 0 aliphatic carbocycles. The SMILES string of the molecule is CCCNC(c1ccc(COC)o1)c1cc(F)ccc1C. The minimum atomic E-state index is -0.234.